The van der Waals surface area contributed by atoms with Gasteiger partial charge in [0.15, 0.2) is 0 Å². The summed E-state index contributed by atoms with van der Waals surface area (Å²) in [6.07, 6.45) is 9.03. The van der Waals surface area contributed by atoms with Gasteiger partial charge in [0.05, 0.1) is 11.2 Å². The van der Waals surface area contributed by atoms with Crippen LogP contribution in [0, 0.1) is 0 Å². The lowest BCUT2D eigenvalue weighted by Crippen LogP contribution is -2.34. The van der Waals surface area contributed by atoms with Crippen LogP contribution in [0.25, 0.3) is 11.4 Å². The third-order valence-electron chi connectivity index (χ3n) is 5.74. The van der Waals surface area contributed by atoms with E-state index in [1.807, 2.05) is 19.0 Å². The van der Waals surface area contributed by atoms with E-state index in [9.17, 15) is 9.59 Å². The highest BCUT2D eigenvalue weighted by molar-refractivity contribution is 6.32. The van der Waals surface area contributed by atoms with Gasteiger partial charge >= 0.3 is 0 Å². The van der Waals surface area contributed by atoms with Gasteiger partial charge in [-0.15, -0.1) is 0 Å². The number of H-pyrrole nitrogens is 1. The molecule has 1 fully saturated rings. The number of halogens is 1. The van der Waals surface area contributed by atoms with Gasteiger partial charge in [0, 0.05) is 42.2 Å². The molecule has 2 aromatic heterocycles. The molecule has 4 rings (SSSR count). The summed E-state index contributed by atoms with van der Waals surface area (Å²) < 4.78 is 0. The topological polar surface area (TPSA) is 128 Å². The maximum atomic E-state index is 12.7. The van der Waals surface area contributed by atoms with Crippen LogP contribution in [0.4, 0.5) is 11.6 Å². The van der Waals surface area contributed by atoms with Crippen molar-refractivity contribution in [2.75, 3.05) is 31.3 Å². The third kappa shape index (κ3) is 6.89. The van der Waals surface area contributed by atoms with Crippen molar-refractivity contribution in [2.45, 2.75) is 31.3 Å². The molecule has 36 heavy (non-hydrogen) atoms. The van der Waals surface area contributed by atoms with Crippen molar-refractivity contribution in [3.8, 4) is 11.4 Å². The predicted molar refractivity (Wildman–Crippen MR) is 140 cm³/mol. The van der Waals surface area contributed by atoms with Crippen molar-refractivity contribution >= 4 is 35.1 Å². The van der Waals surface area contributed by atoms with Crippen LogP contribution in [0.3, 0.4) is 0 Å². The third-order valence-corrected chi connectivity index (χ3v) is 6.02. The summed E-state index contributed by atoms with van der Waals surface area (Å²) >= 11 is 6.23. The second-order valence-corrected chi connectivity index (χ2v) is 9.31. The number of nitrogens with zero attached hydrogens (tertiary/aromatic N) is 4. The Labute approximate surface area is 214 Å². The first-order valence-corrected chi connectivity index (χ1v) is 12.1. The number of aromatic nitrogens is 4. The number of amides is 2. The van der Waals surface area contributed by atoms with E-state index in [1.165, 1.54) is 6.08 Å². The van der Waals surface area contributed by atoms with Gasteiger partial charge in [-0.2, -0.15) is 5.10 Å². The number of hydrogen-bond donors (Lipinski definition) is 4. The Morgan fingerprint density at radius 3 is 2.67 bits per heavy atom. The average molecular weight is 509 g/mol. The van der Waals surface area contributed by atoms with Crippen LogP contribution in [0.5, 0.6) is 0 Å². The van der Waals surface area contributed by atoms with Gasteiger partial charge in [-0.05, 0) is 63.7 Å². The van der Waals surface area contributed by atoms with Crippen molar-refractivity contribution in [2.24, 2.45) is 0 Å². The first kappa shape index (κ1) is 25.3. The van der Waals surface area contributed by atoms with Crippen LogP contribution in [-0.2, 0) is 4.79 Å². The first-order chi connectivity index (χ1) is 17.4. The molecule has 0 unspecified atom stereocenters. The van der Waals surface area contributed by atoms with Crippen LogP contribution in [0.1, 0.15) is 29.6 Å². The first-order valence-electron chi connectivity index (χ1n) is 11.7. The zero-order valence-corrected chi connectivity index (χ0v) is 20.9. The summed E-state index contributed by atoms with van der Waals surface area (Å²) in [6.45, 7) is 0.683. The van der Waals surface area contributed by atoms with Gasteiger partial charge in [-0.25, -0.2) is 9.97 Å². The van der Waals surface area contributed by atoms with E-state index in [0.717, 1.165) is 19.3 Å². The van der Waals surface area contributed by atoms with E-state index in [2.05, 4.69) is 36.1 Å². The lowest BCUT2D eigenvalue weighted by atomic mass is 10.1. The minimum absolute atomic E-state index is 0.0364. The fraction of sp³-hybridized carbons (Fsp3) is 0.320. The summed E-state index contributed by atoms with van der Waals surface area (Å²) in [5.41, 5.74) is 2.38. The molecular weight excluding hydrogens is 480 g/mol. The molecule has 0 spiro atoms. The zero-order chi connectivity index (χ0) is 25.5. The minimum Gasteiger partial charge on any atom is -0.351 e. The monoisotopic (exact) mass is 508 g/mol. The summed E-state index contributed by atoms with van der Waals surface area (Å²) in [5.74, 6) is 0.122. The molecule has 3 aromatic rings. The summed E-state index contributed by atoms with van der Waals surface area (Å²) in [7, 11) is 3.86. The van der Waals surface area contributed by atoms with Gasteiger partial charge in [0.1, 0.15) is 11.4 Å². The molecule has 2 amide bonds. The highest BCUT2D eigenvalue weighted by Gasteiger charge is 2.27. The van der Waals surface area contributed by atoms with Crippen LogP contribution in [0.15, 0.2) is 54.9 Å². The van der Waals surface area contributed by atoms with Crippen molar-refractivity contribution in [1.29, 1.82) is 0 Å². The lowest BCUT2D eigenvalue weighted by Gasteiger charge is -2.15. The molecule has 11 heteroatoms. The van der Waals surface area contributed by atoms with E-state index < -0.39 is 0 Å². The Morgan fingerprint density at radius 1 is 1.17 bits per heavy atom. The number of carbonyl (C=O) groups is 2. The molecule has 4 N–H and O–H groups in total. The predicted octanol–water partition coefficient (Wildman–Crippen LogP) is 3.34. The van der Waals surface area contributed by atoms with Crippen LogP contribution >= 0.6 is 11.6 Å². The number of likely N-dealkylation sites (N-methyl/N-ethyl adjacent to an activating group) is 1. The van der Waals surface area contributed by atoms with Gasteiger partial charge < -0.3 is 20.9 Å². The molecule has 1 saturated carbocycles. The summed E-state index contributed by atoms with van der Waals surface area (Å²) in [4.78, 5) is 35.5. The van der Waals surface area contributed by atoms with E-state index in [0.29, 0.717) is 40.2 Å². The molecule has 1 aromatic carbocycles. The number of rotatable bonds is 9. The average Bonchev–Trinajstić information content (AvgIpc) is 3.53. The molecule has 188 valence electrons. The highest BCUT2D eigenvalue weighted by atomic mass is 35.5. The Balaban J connectivity index is 1.27. The number of aromatic amines is 1. The molecule has 0 saturated heterocycles. The lowest BCUT2D eigenvalue weighted by molar-refractivity contribution is -0.111. The number of anilines is 2. The van der Waals surface area contributed by atoms with Crippen molar-refractivity contribution in [3.05, 3.63) is 65.5 Å². The second kappa shape index (κ2) is 11.8. The molecule has 0 aliphatic heterocycles. The van der Waals surface area contributed by atoms with Gasteiger partial charge in [-0.3, -0.25) is 14.7 Å². The number of hydrogen-bond acceptors (Lipinski definition) is 7. The molecule has 0 bridgehead atoms. The van der Waals surface area contributed by atoms with E-state index >= 15 is 0 Å². The van der Waals surface area contributed by atoms with E-state index in [1.54, 1.807) is 48.8 Å². The smallest absolute Gasteiger partial charge is 0.251 e. The van der Waals surface area contributed by atoms with E-state index in [-0.39, 0.29) is 23.9 Å². The SMILES string of the molecule is CN(C)CC=CC(=O)Nc1ccc(C(=O)N[C@H]2CC[C@@H](Nc3ncc(Cl)c(-c4cc[nH]n4)n3)C2)cc1. The fourth-order valence-electron chi connectivity index (χ4n) is 3.96. The summed E-state index contributed by atoms with van der Waals surface area (Å²) in [6, 6.07) is 8.81. The molecule has 2 atom stereocenters. The maximum absolute atomic E-state index is 12.7. The molecule has 1 aliphatic rings. The second-order valence-electron chi connectivity index (χ2n) is 8.91. The van der Waals surface area contributed by atoms with Gasteiger partial charge in [0.25, 0.3) is 5.91 Å². The molecule has 2 heterocycles. The number of benzene rings is 1. The van der Waals surface area contributed by atoms with Crippen LogP contribution < -0.4 is 16.0 Å². The summed E-state index contributed by atoms with van der Waals surface area (Å²) in [5, 5.41) is 16.5. The standard InChI is InChI=1S/C25H29ClN8O2/c1-34(2)13-3-4-22(35)29-17-7-5-16(6-8-17)24(36)30-18-9-10-19(14-18)31-25-27-15-20(26)23(32-25)21-11-12-28-33-21/h3-8,11-12,15,18-19H,9-10,13-14H2,1-2H3,(H,28,33)(H,29,35)(H,30,36)(H,27,31,32)/t18-,19+/m0/s1. The number of nitrogens with one attached hydrogen (secondary N) is 4. The number of carbonyl (C=O) groups excluding carboxylic acids is 2. The largest absolute Gasteiger partial charge is 0.351 e. The molecule has 0 radical (unpaired) electrons. The minimum atomic E-state index is -0.209. The Morgan fingerprint density at radius 2 is 1.94 bits per heavy atom. The van der Waals surface area contributed by atoms with Crippen molar-refractivity contribution in [1.82, 2.24) is 30.4 Å². The molecule has 1 aliphatic carbocycles. The molecular formula is C25H29ClN8O2. The van der Waals surface area contributed by atoms with Crippen LogP contribution in [0.2, 0.25) is 5.02 Å². The van der Waals surface area contributed by atoms with Crippen molar-refractivity contribution in [3.63, 3.8) is 0 Å². The fourth-order valence-corrected chi connectivity index (χ4v) is 4.15. The van der Waals surface area contributed by atoms with E-state index in [4.69, 9.17) is 11.6 Å². The Hall–Kier alpha value is -3.76. The van der Waals surface area contributed by atoms with Crippen LogP contribution in [-0.4, -0.2) is 69.6 Å². The van der Waals surface area contributed by atoms with Crippen molar-refractivity contribution < 1.29 is 9.59 Å². The Kier molecular flexibility index (Phi) is 8.29. The van der Waals surface area contributed by atoms with Gasteiger partial charge in [-0.1, -0.05) is 17.7 Å². The molecule has 10 nitrogen and oxygen atoms in total. The zero-order valence-electron chi connectivity index (χ0n) is 20.2. The maximum Gasteiger partial charge on any atom is 0.251 e. The Bertz CT molecular complexity index is 1210. The normalized spacial score (nSPS) is 17.4. The quantitative estimate of drug-likeness (QED) is 0.326. The highest BCUT2D eigenvalue weighted by Crippen LogP contribution is 2.26. The van der Waals surface area contributed by atoms with Gasteiger partial charge in [0.2, 0.25) is 11.9 Å².